The molecule has 0 aliphatic rings. The Morgan fingerprint density at radius 3 is 2.50 bits per heavy atom. The van der Waals surface area contributed by atoms with Crippen molar-refractivity contribution in [1.82, 2.24) is 9.78 Å². The van der Waals surface area contributed by atoms with Gasteiger partial charge in [0.15, 0.2) is 0 Å². The monoisotopic (exact) mass is 260 g/mol. The lowest BCUT2D eigenvalue weighted by atomic mass is 10.3. The molecule has 0 bridgehead atoms. The highest BCUT2D eigenvalue weighted by Gasteiger charge is 2.20. The van der Waals surface area contributed by atoms with Gasteiger partial charge in [0.1, 0.15) is 6.04 Å². The average Bonchev–Trinajstić information content (AvgIpc) is 2.43. The summed E-state index contributed by atoms with van der Waals surface area (Å²) in [5.74, 6) is -0.289. The molecule has 1 heterocycles. The van der Waals surface area contributed by atoms with Crippen LogP contribution in [0.4, 0.5) is 0 Å². The second-order valence-electron chi connectivity index (χ2n) is 3.13. The van der Waals surface area contributed by atoms with Crippen molar-refractivity contribution in [2.75, 3.05) is 7.11 Å². The van der Waals surface area contributed by atoms with Crippen LogP contribution >= 0.6 is 15.9 Å². The first-order valence-electron chi connectivity index (χ1n) is 4.28. The minimum atomic E-state index is -0.384. The minimum absolute atomic E-state index is 0.289. The van der Waals surface area contributed by atoms with Crippen molar-refractivity contribution < 1.29 is 9.53 Å². The normalized spacial score (nSPS) is 12.6. The number of halogens is 1. The highest BCUT2D eigenvalue weighted by atomic mass is 79.9. The third kappa shape index (κ3) is 1.82. The molecule has 1 aromatic rings. The van der Waals surface area contributed by atoms with E-state index >= 15 is 0 Å². The zero-order valence-corrected chi connectivity index (χ0v) is 10.3. The highest BCUT2D eigenvalue weighted by molar-refractivity contribution is 9.10. The molecule has 14 heavy (non-hydrogen) atoms. The number of hydrogen-bond acceptors (Lipinski definition) is 3. The highest BCUT2D eigenvalue weighted by Crippen LogP contribution is 2.22. The maximum absolute atomic E-state index is 11.3. The van der Waals surface area contributed by atoms with Gasteiger partial charge in [-0.3, -0.25) is 4.68 Å². The zero-order valence-electron chi connectivity index (χ0n) is 8.67. The van der Waals surface area contributed by atoms with E-state index in [0.29, 0.717) is 0 Å². The summed E-state index contributed by atoms with van der Waals surface area (Å²) < 4.78 is 7.25. The third-order valence-electron chi connectivity index (χ3n) is 2.15. The fourth-order valence-electron chi connectivity index (χ4n) is 1.29. The fourth-order valence-corrected chi connectivity index (χ4v) is 1.55. The quantitative estimate of drug-likeness (QED) is 0.765. The molecule has 78 valence electrons. The Labute approximate surface area is 91.4 Å². The zero-order chi connectivity index (χ0) is 10.9. The molecule has 0 amide bonds. The molecule has 0 N–H and O–H groups in total. The summed E-state index contributed by atoms with van der Waals surface area (Å²) in [7, 11) is 1.37. The fraction of sp³-hybridized carbons (Fsp3) is 0.556. The van der Waals surface area contributed by atoms with Gasteiger partial charge in [-0.05, 0) is 36.7 Å². The summed E-state index contributed by atoms with van der Waals surface area (Å²) in [5, 5.41) is 4.25. The number of esters is 1. The molecule has 0 radical (unpaired) electrons. The van der Waals surface area contributed by atoms with Gasteiger partial charge < -0.3 is 4.74 Å². The second-order valence-corrected chi connectivity index (χ2v) is 3.92. The Balaban J connectivity index is 3.07. The molecule has 1 atom stereocenters. The smallest absolute Gasteiger partial charge is 0.330 e. The lowest BCUT2D eigenvalue weighted by molar-refractivity contribution is -0.144. The van der Waals surface area contributed by atoms with Crippen LogP contribution in [0.1, 0.15) is 24.4 Å². The van der Waals surface area contributed by atoms with Gasteiger partial charge in [0.25, 0.3) is 0 Å². The van der Waals surface area contributed by atoms with Gasteiger partial charge in [-0.25, -0.2) is 4.79 Å². The molecule has 0 aliphatic heterocycles. The second kappa shape index (κ2) is 4.13. The summed E-state index contributed by atoms with van der Waals surface area (Å²) in [4.78, 5) is 11.3. The third-order valence-corrected chi connectivity index (χ3v) is 3.29. The van der Waals surface area contributed by atoms with Gasteiger partial charge in [0.05, 0.1) is 23.0 Å². The molecule has 1 rings (SSSR count). The van der Waals surface area contributed by atoms with Crippen molar-refractivity contribution in [1.29, 1.82) is 0 Å². The van der Waals surface area contributed by atoms with Crippen LogP contribution in [0, 0.1) is 13.8 Å². The first kappa shape index (κ1) is 11.2. The minimum Gasteiger partial charge on any atom is -0.467 e. The van der Waals surface area contributed by atoms with Crippen LogP contribution in [0.3, 0.4) is 0 Å². The van der Waals surface area contributed by atoms with E-state index in [1.807, 2.05) is 13.8 Å². The number of ether oxygens (including phenoxy) is 1. The van der Waals surface area contributed by atoms with Crippen molar-refractivity contribution in [3.63, 3.8) is 0 Å². The number of rotatable bonds is 2. The van der Waals surface area contributed by atoms with Gasteiger partial charge in [-0.2, -0.15) is 5.10 Å². The van der Waals surface area contributed by atoms with Crippen LogP contribution in [0.5, 0.6) is 0 Å². The molecule has 0 aliphatic carbocycles. The summed E-state index contributed by atoms with van der Waals surface area (Å²) in [6.07, 6.45) is 0. The average molecular weight is 261 g/mol. The summed E-state index contributed by atoms with van der Waals surface area (Å²) >= 11 is 3.40. The van der Waals surface area contributed by atoms with E-state index in [1.165, 1.54) is 7.11 Å². The van der Waals surface area contributed by atoms with Crippen molar-refractivity contribution in [3.05, 3.63) is 15.9 Å². The van der Waals surface area contributed by atoms with Gasteiger partial charge in [0, 0.05) is 0 Å². The number of aromatic nitrogens is 2. The lowest BCUT2D eigenvalue weighted by Gasteiger charge is -2.11. The number of carbonyl (C=O) groups excluding carboxylic acids is 1. The molecule has 1 aromatic heterocycles. The maximum Gasteiger partial charge on any atom is 0.330 e. The van der Waals surface area contributed by atoms with Gasteiger partial charge in [-0.15, -0.1) is 0 Å². The van der Waals surface area contributed by atoms with Gasteiger partial charge in [-0.1, -0.05) is 0 Å². The van der Waals surface area contributed by atoms with E-state index in [2.05, 4.69) is 25.8 Å². The van der Waals surface area contributed by atoms with E-state index in [9.17, 15) is 4.79 Å². The first-order chi connectivity index (χ1) is 6.49. The molecule has 0 saturated heterocycles. The van der Waals surface area contributed by atoms with E-state index in [4.69, 9.17) is 0 Å². The Bertz CT molecular complexity index is 360. The first-order valence-corrected chi connectivity index (χ1v) is 5.07. The number of hydrogen-bond donors (Lipinski definition) is 0. The van der Waals surface area contributed by atoms with Gasteiger partial charge in [0.2, 0.25) is 0 Å². The van der Waals surface area contributed by atoms with Crippen LogP contribution in [-0.2, 0) is 9.53 Å². The van der Waals surface area contributed by atoms with Crippen molar-refractivity contribution >= 4 is 21.9 Å². The number of carbonyl (C=O) groups is 1. The predicted molar refractivity (Wildman–Crippen MR) is 56.1 cm³/mol. The van der Waals surface area contributed by atoms with Gasteiger partial charge >= 0.3 is 5.97 Å². The van der Waals surface area contributed by atoms with E-state index in [0.717, 1.165) is 15.9 Å². The molecule has 0 aromatic carbocycles. The SMILES string of the molecule is COC(=O)[C@H](C)n1nc(C)c(Br)c1C. The molecule has 0 saturated carbocycles. The summed E-state index contributed by atoms with van der Waals surface area (Å²) in [5.41, 5.74) is 1.80. The Morgan fingerprint density at radius 1 is 1.57 bits per heavy atom. The molecular weight excluding hydrogens is 248 g/mol. The molecule has 0 spiro atoms. The number of nitrogens with zero attached hydrogens (tertiary/aromatic N) is 2. The van der Waals surface area contributed by atoms with E-state index < -0.39 is 0 Å². The maximum atomic E-state index is 11.3. The van der Waals surface area contributed by atoms with Crippen LogP contribution in [-0.4, -0.2) is 22.9 Å². The summed E-state index contributed by atoms with van der Waals surface area (Å²) in [6, 6.07) is -0.384. The Morgan fingerprint density at radius 2 is 2.14 bits per heavy atom. The van der Waals surface area contributed by atoms with Crippen LogP contribution in [0.25, 0.3) is 0 Å². The van der Waals surface area contributed by atoms with Crippen LogP contribution < -0.4 is 0 Å². The topological polar surface area (TPSA) is 44.1 Å². The Kier molecular flexibility index (Phi) is 3.31. The predicted octanol–water partition coefficient (Wildman–Crippen LogP) is 2.00. The molecular formula is C9H13BrN2O2. The standard InChI is InChI=1S/C9H13BrN2O2/c1-5-8(10)6(2)12(11-5)7(3)9(13)14-4/h7H,1-4H3/t7-/m0/s1. The van der Waals surface area contributed by atoms with Crippen LogP contribution in [0.15, 0.2) is 4.47 Å². The number of aryl methyl sites for hydroxylation is 1. The van der Waals surface area contributed by atoms with E-state index in [1.54, 1.807) is 11.6 Å². The van der Waals surface area contributed by atoms with Crippen molar-refractivity contribution in [2.24, 2.45) is 0 Å². The molecule has 5 heteroatoms. The largest absolute Gasteiger partial charge is 0.467 e. The van der Waals surface area contributed by atoms with Crippen LogP contribution in [0.2, 0.25) is 0 Å². The molecule has 0 fully saturated rings. The number of methoxy groups -OCH3 is 1. The Hall–Kier alpha value is -0.840. The molecule has 0 unspecified atom stereocenters. The van der Waals surface area contributed by atoms with E-state index in [-0.39, 0.29) is 12.0 Å². The van der Waals surface area contributed by atoms with Crippen molar-refractivity contribution in [3.8, 4) is 0 Å². The van der Waals surface area contributed by atoms with Crippen molar-refractivity contribution in [2.45, 2.75) is 26.8 Å². The lowest BCUT2D eigenvalue weighted by Crippen LogP contribution is -2.19. The summed E-state index contributed by atoms with van der Waals surface area (Å²) in [6.45, 7) is 5.55. The molecule has 4 nitrogen and oxygen atoms in total.